The van der Waals surface area contributed by atoms with E-state index in [1.54, 1.807) is 12.2 Å². The second-order valence-electron chi connectivity index (χ2n) is 2.20. The molecule has 2 heteroatoms. The molecule has 0 saturated carbocycles. The Morgan fingerprint density at radius 3 is 2.82 bits per heavy atom. The Morgan fingerprint density at radius 1 is 1.45 bits per heavy atom. The van der Waals surface area contributed by atoms with Crippen molar-refractivity contribution in [3.05, 3.63) is 35.7 Å². The van der Waals surface area contributed by atoms with Crippen molar-refractivity contribution in [3.63, 3.8) is 0 Å². The molecule has 0 atom stereocenters. The summed E-state index contributed by atoms with van der Waals surface area (Å²) in [5, 5.41) is 9.15. The fourth-order valence-corrected chi connectivity index (χ4v) is 0.838. The molecule has 0 saturated heterocycles. The first kappa shape index (κ1) is 7.79. The largest absolute Gasteiger partial charge is 0.507 e. The zero-order chi connectivity index (χ0) is 8.27. The van der Waals surface area contributed by atoms with Crippen LogP contribution in [-0.2, 0) is 0 Å². The Balaban J connectivity index is 3.12. The third kappa shape index (κ3) is 1.80. The lowest BCUT2D eigenvalue weighted by Crippen LogP contribution is -1.77. The molecule has 1 aromatic carbocycles. The zero-order valence-corrected chi connectivity index (χ0v) is 6.21. The topological polar surface area (TPSA) is 20.2 Å². The van der Waals surface area contributed by atoms with Gasteiger partial charge in [0.2, 0.25) is 0 Å². The van der Waals surface area contributed by atoms with Gasteiger partial charge in [-0.25, -0.2) is 4.39 Å². The number of hydrogen-bond acceptors (Lipinski definition) is 1. The van der Waals surface area contributed by atoms with Crippen molar-refractivity contribution < 1.29 is 9.50 Å². The van der Waals surface area contributed by atoms with Crippen molar-refractivity contribution in [3.8, 4) is 5.75 Å². The molecular weight excluding hydrogens is 143 g/mol. The minimum Gasteiger partial charge on any atom is -0.507 e. The predicted molar refractivity (Wildman–Crippen MR) is 42.8 cm³/mol. The zero-order valence-electron chi connectivity index (χ0n) is 6.21. The number of allylic oxidation sites excluding steroid dienone is 1. The Bertz CT molecular complexity index is 279. The Morgan fingerprint density at radius 2 is 2.18 bits per heavy atom. The van der Waals surface area contributed by atoms with E-state index in [-0.39, 0.29) is 11.6 Å². The van der Waals surface area contributed by atoms with E-state index in [9.17, 15) is 4.39 Å². The molecule has 0 aromatic heterocycles. The van der Waals surface area contributed by atoms with Crippen LogP contribution in [0.1, 0.15) is 12.5 Å². The van der Waals surface area contributed by atoms with Crippen molar-refractivity contribution >= 4 is 6.08 Å². The van der Waals surface area contributed by atoms with Gasteiger partial charge in [0.15, 0.2) is 0 Å². The molecule has 0 aliphatic rings. The average molecular weight is 152 g/mol. The Kier molecular flexibility index (Phi) is 2.26. The summed E-state index contributed by atoms with van der Waals surface area (Å²) in [5.74, 6) is -0.236. The second-order valence-corrected chi connectivity index (χ2v) is 2.20. The minimum absolute atomic E-state index is 0.101. The van der Waals surface area contributed by atoms with Crippen LogP contribution in [0.2, 0.25) is 0 Å². The lowest BCUT2D eigenvalue weighted by Gasteiger charge is -1.97. The third-order valence-electron chi connectivity index (χ3n) is 1.34. The molecule has 0 fully saturated rings. The molecule has 1 aromatic rings. The first-order valence-electron chi connectivity index (χ1n) is 3.35. The fourth-order valence-electron chi connectivity index (χ4n) is 0.838. The van der Waals surface area contributed by atoms with Crippen LogP contribution in [0.25, 0.3) is 6.08 Å². The van der Waals surface area contributed by atoms with Crippen LogP contribution in [0.5, 0.6) is 5.75 Å². The molecule has 0 aliphatic heterocycles. The van der Waals surface area contributed by atoms with Crippen LogP contribution < -0.4 is 0 Å². The Hall–Kier alpha value is -1.31. The summed E-state index contributed by atoms with van der Waals surface area (Å²) in [5.41, 5.74) is 0.507. The molecule has 0 radical (unpaired) electrons. The summed E-state index contributed by atoms with van der Waals surface area (Å²) < 4.78 is 12.5. The lowest BCUT2D eigenvalue weighted by atomic mass is 10.2. The number of halogens is 1. The maximum absolute atomic E-state index is 12.5. The monoisotopic (exact) mass is 152 g/mol. The summed E-state index contributed by atoms with van der Waals surface area (Å²) in [6, 6.07) is 3.85. The third-order valence-corrected chi connectivity index (χ3v) is 1.34. The summed E-state index contributed by atoms with van der Waals surface area (Å²) in [6.45, 7) is 1.81. The van der Waals surface area contributed by atoms with Gasteiger partial charge < -0.3 is 5.11 Å². The van der Waals surface area contributed by atoms with Gasteiger partial charge in [-0.15, -0.1) is 0 Å². The normalized spacial score (nSPS) is 10.7. The van der Waals surface area contributed by atoms with Gasteiger partial charge in [-0.1, -0.05) is 12.2 Å². The SMILES string of the molecule is CC=Cc1cc(F)ccc1O. The summed E-state index contributed by atoms with van der Waals surface area (Å²) in [7, 11) is 0. The molecular formula is C9H9FO. The molecule has 0 unspecified atom stereocenters. The standard InChI is InChI=1S/C9H9FO/c1-2-3-7-6-8(10)4-5-9(7)11/h2-6,11H,1H3. The smallest absolute Gasteiger partial charge is 0.124 e. The van der Waals surface area contributed by atoms with Crippen LogP contribution in [0.3, 0.4) is 0 Å². The van der Waals surface area contributed by atoms with Gasteiger partial charge in [0.05, 0.1) is 0 Å². The van der Waals surface area contributed by atoms with E-state index < -0.39 is 0 Å². The van der Waals surface area contributed by atoms with Crippen LogP contribution >= 0.6 is 0 Å². The first-order valence-corrected chi connectivity index (χ1v) is 3.35. The molecule has 0 bridgehead atoms. The fraction of sp³-hybridized carbons (Fsp3) is 0.111. The highest BCUT2D eigenvalue weighted by Gasteiger charge is 1.97. The molecule has 0 aliphatic carbocycles. The molecule has 11 heavy (non-hydrogen) atoms. The van der Waals surface area contributed by atoms with Crippen molar-refractivity contribution in [2.45, 2.75) is 6.92 Å². The number of rotatable bonds is 1. The van der Waals surface area contributed by atoms with E-state index in [4.69, 9.17) is 5.11 Å². The van der Waals surface area contributed by atoms with Crippen molar-refractivity contribution in [1.29, 1.82) is 0 Å². The van der Waals surface area contributed by atoms with Gasteiger partial charge in [0.1, 0.15) is 11.6 Å². The molecule has 1 nitrogen and oxygen atoms in total. The highest BCUT2D eigenvalue weighted by atomic mass is 19.1. The van der Waals surface area contributed by atoms with E-state index in [0.29, 0.717) is 5.56 Å². The van der Waals surface area contributed by atoms with Gasteiger partial charge in [0, 0.05) is 5.56 Å². The van der Waals surface area contributed by atoms with Crippen LogP contribution in [0.15, 0.2) is 24.3 Å². The number of benzene rings is 1. The van der Waals surface area contributed by atoms with E-state index in [0.717, 1.165) is 0 Å². The van der Waals surface area contributed by atoms with Crippen molar-refractivity contribution in [2.24, 2.45) is 0 Å². The molecule has 1 N–H and O–H groups in total. The second kappa shape index (κ2) is 3.19. The maximum atomic E-state index is 12.5. The van der Waals surface area contributed by atoms with E-state index in [1.807, 2.05) is 6.92 Å². The molecule has 58 valence electrons. The van der Waals surface area contributed by atoms with Crippen LogP contribution in [0.4, 0.5) is 4.39 Å². The maximum Gasteiger partial charge on any atom is 0.124 e. The molecule has 1 rings (SSSR count). The predicted octanol–water partition coefficient (Wildman–Crippen LogP) is 2.56. The van der Waals surface area contributed by atoms with Gasteiger partial charge >= 0.3 is 0 Å². The van der Waals surface area contributed by atoms with Gasteiger partial charge in [-0.05, 0) is 25.1 Å². The number of phenols is 1. The average Bonchev–Trinajstić information content (AvgIpc) is 1.98. The van der Waals surface area contributed by atoms with Crippen molar-refractivity contribution in [1.82, 2.24) is 0 Å². The number of phenolic OH excluding ortho intramolecular Hbond substituents is 1. The van der Waals surface area contributed by atoms with Gasteiger partial charge in [-0.2, -0.15) is 0 Å². The number of hydrogen-bond donors (Lipinski definition) is 1. The van der Waals surface area contributed by atoms with Gasteiger partial charge in [-0.3, -0.25) is 0 Å². The lowest BCUT2D eigenvalue weighted by molar-refractivity contribution is 0.471. The summed E-state index contributed by atoms with van der Waals surface area (Å²) >= 11 is 0. The molecule has 0 amide bonds. The summed E-state index contributed by atoms with van der Waals surface area (Å²) in [4.78, 5) is 0. The van der Waals surface area contributed by atoms with E-state index >= 15 is 0 Å². The Labute approximate surface area is 64.8 Å². The molecule has 0 spiro atoms. The van der Waals surface area contributed by atoms with E-state index in [1.165, 1.54) is 18.2 Å². The van der Waals surface area contributed by atoms with Crippen LogP contribution in [-0.4, -0.2) is 5.11 Å². The van der Waals surface area contributed by atoms with E-state index in [2.05, 4.69) is 0 Å². The first-order chi connectivity index (χ1) is 5.24. The molecule has 0 heterocycles. The highest BCUT2D eigenvalue weighted by molar-refractivity contribution is 5.56. The highest BCUT2D eigenvalue weighted by Crippen LogP contribution is 2.18. The number of aromatic hydroxyl groups is 1. The van der Waals surface area contributed by atoms with Crippen molar-refractivity contribution in [2.75, 3.05) is 0 Å². The summed E-state index contributed by atoms with van der Waals surface area (Å²) in [6.07, 6.45) is 3.40. The van der Waals surface area contributed by atoms with Crippen LogP contribution in [0, 0.1) is 5.82 Å². The minimum atomic E-state index is -0.337. The quantitative estimate of drug-likeness (QED) is 0.655. The van der Waals surface area contributed by atoms with Gasteiger partial charge in [0.25, 0.3) is 0 Å².